The zero-order chi connectivity index (χ0) is 10.6. The molecular formula is C6H14N2O4Pt. The van der Waals surface area contributed by atoms with Crippen LogP contribution in [0.2, 0.25) is 0 Å². The van der Waals surface area contributed by atoms with E-state index in [1.807, 2.05) is 0 Å². The van der Waals surface area contributed by atoms with E-state index in [1.165, 1.54) is 0 Å². The molecule has 0 saturated heterocycles. The molecule has 0 spiro atoms. The monoisotopic (exact) mass is 373 g/mol. The van der Waals surface area contributed by atoms with Gasteiger partial charge in [0.1, 0.15) is 0 Å². The van der Waals surface area contributed by atoms with Gasteiger partial charge in [-0.25, -0.2) is 9.59 Å². The van der Waals surface area contributed by atoms with Gasteiger partial charge >= 0.3 is 33.0 Å². The Hall–Kier alpha value is -0.452. The van der Waals surface area contributed by atoms with E-state index in [0.717, 1.165) is 0 Å². The van der Waals surface area contributed by atoms with Crippen LogP contribution in [-0.4, -0.2) is 50.3 Å². The molecule has 0 atom stereocenters. The quantitative estimate of drug-likeness (QED) is 0.600. The number of carboxylic acid groups (broad SMARTS) is 2. The zero-order valence-electron chi connectivity index (χ0n) is 7.92. The number of rotatable bonds is 0. The molecule has 82 valence electrons. The maximum Gasteiger partial charge on any atom is 2.00 e. The van der Waals surface area contributed by atoms with Gasteiger partial charge in [-0.15, -0.1) is 0 Å². The molecule has 0 saturated carbocycles. The Bertz CT molecular complexity index is 107. The first-order valence-corrected chi connectivity index (χ1v) is 2.89. The predicted octanol–water partition coefficient (Wildman–Crippen LogP) is 0.392. The Balaban J connectivity index is -0.0000000501. The van der Waals surface area contributed by atoms with Crippen molar-refractivity contribution in [2.24, 2.45) is 0 Å². The molecule has 6 nitrogen and oxygen atoms in total. The smallest absolute Gasteiger partial charge is 0.668 e. The average Bonchev–Trinajstić information content (AvgIpc) is 1.90. The van der Waals surface area contributed by atoms with Crippen molar-refractivity contribution < 1.29 is 40.9 Å². The Morgan fingerprint density at radius 3 is 0.923 bits per heavy atom. The maximum atomic E-state index is 9.10. The van der Waals surface area contributed by atoms with Crippen LogP contribution in [0, 0.1) is 0 Å². The average molecular weight is 373 g/mol. The first kappa shape index (κ1) is 22.9. The van der Waals surface area contributed by atoms with Crippen LogP contribution in [0.3, 0.4) is 0 Å². The van der Waals surface area contributed by atoms with Crippen molar-refractivity contribution in [3.63, 3.8) is 0 Å². The van der Waals surface area contributed by atoms with Crippen LogP contribution in [0.4, 0.5) is 0 Å². The second-order valence-electron chi connectivity index (χ2n) is 1.50. The van der Waals surface area contributed by atoms with Crippen LogP contribution in [0.5, 0.6) is 0 Å². The molecule has 0 rings (SSSR count). The minimum atomic E-state index is -1.82. The molecule has 0 aromatic rings. The van der Waals surface area contributed by atoms with Gasteiger partial charge in [0.15, 0.2) is 0 Å². The third-order valence-corrected chi connectivity index (χ3v) is 0.183. The van der Waals surface area contributed by atoms with Crippen molar-refractivity contribution in [3.05, 3.63) is 10.6 Å². The van der Waals surface area contributed by atoms with Gasteiger partial charge in [0.25, 0.3) is 0 Å². The van der Waals surface area contributed by atoms with Crippen LogP contribution in [0.25, 0.3) is 10.6 Å². The maximum absolute atomic E-state index is 9.10. The summed E-state index contributed by atoms with van der Waals surface area (Å²) in [7, 11) is 7.00. The van der Waals surface area contributed by atoms with Crippen molar-refractivity contribution in [1.82, 2.24) is 0 Å². The van der Waals surface area contributed by atoms with E-state index in [4.69, 9.17) is 19.8 Å². The Morgan fingerprint density at radius 2 is 0.923 bits per heavy atom. The van der Waals surface area contributed by atoms with Crippen molar-refractivity contribution in [2.45, 2.75) is 0 Å². The molecule has 0 amide bonds. The van der Waals surface area contributed by atoms with Crippen LogP contribution in [0.15, 0.2) is 0 Å². The van der Waals surface area contributed by atoms with Gasteiger partial charge in [-0.2, -0.15) is 28.2 Å². The second kappa shape index (κ2) is 22.6. The standard InChI is InChI=1S/2C2H6N.C2H2O4.Pt/c2*1-3-2;3-1(4)2(5)6;/h2*1-2H3;(H,3,4)(H,5,6);/q2*-1;;+2. The summed E-state index contributed by atoms with van der Waals surface area (Å²) in [4.78, 5) is 18.2. The van der Waals surface area contributed by atoms with E-state index < -0.39 is 11.9 Å². The van der Waals surface area contributed by atoms with Gasteiger partial charge in [-0.1, -0.05) is 0 Å². The molecule has 0 fully saturated rings. The number of hydrogen-bond donors (Lipinski definition) is 2. The van der Waals surface area contributed by atoms with Gasteiger partial charge in [0.05, 0.1) is 0 Å². The summed E-state index contributed by atoms with van der Waals surface area (Å²) in [6, 6.07) is 0. The van der Waals surface area contributed by atoms with Crippen molar-refractivity contribution >= 4 is 11.9 Å². The largest absolute Gasteiger partial charge is 2.00 e. The summed E-state index contributed by atoms with van der Waals surface area (Å²) in [6.07, 6.45) is 0. The predicted molar refractivity (Wildman–Crippen MR) is 45.7 cm³/mol. The minimum Gasteiger partial charge on any atom is -0.668 e. The van der Waals surface area contributed by atoms with Crippen LogP contribution < -0.4 is 0 Å². The molecule has 0 radical (unpaired) electrons. The van der Waals surface area contributed by atoms with Crippen LogP contribution in [-0.2, 0) is 30.7 Å². The summed E-state index contributed by atoms with van der Waals surface area (Å²) in [5, 5.41) is 21.8. The third-order valence-electron chi connectivity index (χ3n) is 0.183. The summed E-state index contributed by atoms with van der Waals surface area (Å²) < 4.78 is 0. The van der Waals surface area contributed by atoms with E-state index in [-0.39, 0.29) is 21.1 Å². The molecule has 0 heterocycles. The minimum absolute atomic E-state index is 0. The van der Waals surface area contributed by atoms with E-state index >= 15 is 0 Å². The van der Waals surface area contributed by atoms with E-state index in [2.05, 4.69) is 10.6 Å². The Morgan fingerprint density at radius 1 is 0.846 bits per heavy atom. The number of nitrogens with zero attached hydrogens (tertiary/aromatic N) is 2. The fraction of sp³-hybridized carbons (Fsp3) is 0.667. The number of carboxylic acids is 2. The van der Waals surface area contributed by atoms with Crippen LogP contribution in [0.1, 0.15) is 0 Å². The summed E-state index contributed by atoms with van der Waals surface area (Å²) in [5.41, 5.74) is 0. The molecule has 13 heavy (non-hydrogen) atoms. The second-order valence-corrected chi connectivity index (χ2v) is 1.50. The van der Waals surface area contributed by atoms with Crippen molar-refractivity contribution in [2.75, 3.05) is 28.2 Å². The Labute approximate surface area is 92.0 Å². The van der Waals surface area contributed by atoms with Gasteiger partial charge in [0.2, 0.25) is 0 Å². The SMILES string of the molecule is C[N-]C.C[N-]C.O=C(O)C(=O)O.[Pt+2]. The summed E-state index contributed by atoms with van der Waals surface area (Å²) >= 11 is 0. The molecule has 0 aromatic carbocycles. The van der Waals surface area contributed by atoms with Gasteiger partial charge in [-0.05, 0) is 0 Å². The first-order valence-electron chi connectivity index (χ1n) is 2.89. The number of aliphatic carboxylic acids is 2. The van der Waals surface area contributed by atoms with E-state index in [1.54, 1.807) is 28.2 Å². The van der Waals surface area contributed by atoms with Gasteiger partial charge in [-0.3, -0.25) is 0 Å². The fourth-order valence-corrected chi connectivity index (χ4v) is 0. The van der Waals surface area contributed by atoms with Crippen molar-refractivity contribution in [3.8, 4) is 0 Å². The molecule has 0 aromatic heterocycles. The van der Waals surface area contributed by atoms with Crippen molar-refractivity contribution in [1.29, 1.82) is 0 Å². The normalized spacial score (nSPS) is 6.15. The molecule has 0 aliphatic heterocycles. The zero-order valence-corrected chi connectivity index (χ0v) is 10.2. The molecule has 2 N–H and O–H groups in total. The molecule has 7 heteroatoms. The summed E-state index contributed by atoms with van der Waals surface area (Å²) in [5.74, 6) is -3.65. The van der Waals surface area contributed by atoms with E-state index in [0.29, 0.717) is 0 Å². The molecule has 0 aliphatic carbocycles. The molecular weight excluding hydrogens is 359 g/mol. The fourth-order valence-electron chi connectivity index (χ4n) is 0. The topological polar surface area (TPSA) is 103 Å². The van der Waals surface area contributed by atoms with E-state index in [9.17, 15) is 0 Å². The number of hydrogen-bond acceptors (Lipinski definition) is 2. The van der Waals surface area contributed by atoms with Crippen LogP contribution >= 0.6 is 0 Å². The van der Waals surface area contributed by atoms with Gasteiger partial charge < -0.3 is 20.8 Å². The molecule has 0 unspecified atom stereocenters. The summed E-state index contributed by atoms with van der Waals surface area (Å²) in [6.45, 7) is 0. The Kier molecular flexibility index (Phi) is 39.7. The first-order chi connectivity index (χ1) is 5.47. The number of carbonyl (C=O) groups is 2. The molecule has 0 bridgehead atoms. The third kappa shape index (κ3) is 83.6. The molecule has 0 aliphatic rings. The van der Waals surface area contributed by atoms with Gasteiger partial charge in [0, 0.05) is 0 Å².